The van der Waals surface area contributed by atoms with E-state index in [1.165, 1.54) is 18.7 Å². The summed E-state index contributed by atoms with van der Waals surface area (Å²) in [5.74, 6) is 0. The third kappa shape index (κ3) is 3.69. The van der Waals surface area contributed by atoms with Gasteiger partial charge in [0.25, 0.3) is 0 Å². The predicted molar refractivity (Wildman–Crippen MR) is 44.2 cm³/mol. The molecule has 0 saturated carbocycles. The highest BCUT2D eigenvalue weighted by Gasteiger charge is 2.27. The summed E-state index contributed by atoms with van der Waals surface area (Å²) in [5.41, 5.74) is 6.05. The normalized spacial score (nSPS) is 14.0. The smallest absolute Gasteiger partial charge is 0.324 e. The Labute approximate surface area is 79.2 Å². The largest absolute Gasteiger partial charge is 0.389 e. The molecular weight excluding hydrogens is 195 g/mol. The van der Waals surface area contributed by atoms with E-state index in [4.69, 9.17) is 5.73 Å². The molecule has 1 atom stereocenters. The quantitative estimate of drug-likeness (QED) is 0.818. The van der Waals surface area contributed by atoms with Crippen LogP contribution in [0, 0.1) is 0 Å². The fourth-order valence-electron chi connectivity index (χ4n) is 0.988. The van der Waals surface area contributed by atoms with Crippen LogP contribution in [0.5, 0.6) is 0 Å². The Balaban J connectivity index is 2.48. The minimum Gasteiger partial charge on any atom is -0.324 e. The van der Waals surface area contributed by atoms with E-state index in [9.17, 15) is 13.2 Å². The lowest BCUT2D eigenvalue weighted by Crippen LogP contribution is -2.16. The van der Waals surface area contributed by atoms with Gasteiger partial charge in [-0.05, 0) is 6.42 Å². The predicted octanol–water partition coefficient (Wildman–Crippen LogP) is 1.82. The second-order valence-electron chi connectivity index (χ2n) is 2.93. The van der Waals surface area contributed by atoms with Crippen LogP contribution in [0.1, 0.15) is 24.4 Å². The number of hydrogen-bond acceptors (Lipinski definition) is 3. The average molecular weight is 205 g/mol. The third-order valence-corrected chi connectivity index (χ3v) is 1.75. The molecule has 2 N–H and O–H groups in total. The van der Waals surface area contributed by atoms with Crippen LogP contribution in [0.3, 0.4) is 0 Å². The van der Waals surface area contributed by atoms with Crippen LogP contribution in [0.4, 0.5) is 13.2 Å². The summed E-state index contributed by atoms with van der Waals surface area (Å²) in [6.07, 6.45) is -1.03. The van der Waals surface area contributed by atoms with Crippen LogP contribution in [0.25, 0.3) is 0 Å². The molecule has 0 radical (unpaired) electrons. The van der Waals surface area contributed by atoms with E-state index in [-0.39, 0.29) is 6.42 Å². The van der Waals surface area contributed by atoms with E-state index in [0.717, 1.165) is 0 Å². The number of aromatic nitrogens is 2. The van der Waals surface area contributed by atoms with Crippen molar-refractivity contribution in [1.29, 1.82) is 0 Å². The summed E-state index contributed by atoms with van der Waals surface area (Å²) in [6.45, 7) is 0. The molecule has 1 aromatic rings. The van der Waals surface area contributed by atoms with Crippen molar-refractivity contribution in [3.63, 3.8) is 0 Å². The van der Waals surface area contributed by atoms with Crippen molar-refractivity contribution in [2.45, 2.75) is 25.1 Å². The molecule has 0 aromatic carbocycles. The number of nitrogens with zero attached hydrogens (tertiary/aromatic N) is 2. The monoisotopic (exact) mass is 205 g/mol. The molecule has 1 aromatic heterocycles. The molecule has 1 heterocycles. The van der Waals surface area contributed by atoms with Gasteiger partial charge in [0.2, 0.25) is 0 Å². The SMILES string of the molecule is NC(CCC(F)(F)F)c1cncnc1. The topological polar surface area (TPSA) is 51.8 Å². The molecule has 1 rings (SSSR count). The van der Waals surface area contributed by atoms with Gasteiger partial charge in [0, 0.05) is 30.4 Å². The Morgan fingerprint density at radius 1 is 1.29 bits per heavy atom. The maximum atomic E-state index is 11.8. The van der Waals surface area contributed by atoms with Gasteiger partial charge in [-0.25, -0.2) is 9.97 Å². The van der Waals surface area contributed by atoms with E-state index in [1.807, 2.05) is 0 Å². The zero-order valence-corrected chi connectivity index (χ0v) is 7.33. The zero-order valence-electron chi connectivity index (χ0n) is 7.33. The van der Waals surface area contributed by atoms with Crippen LogP contribution in [-0.2, 0) is 0 Å². The number of alkyl halides is 3. The van der Waals surface area contributed by atoms with E-state index >= 15 is 0 Å². The summed E-state index contributed by atoms with van der Waals surface area (Å²) in [6, 6.07) is -0.655. The Morgan fingerprint density at radius 2 is 1.86 bits per heavy atom. The van der Waals surface area contributed by atoms with Crippen molar-refractivity contribution in [2.75, 3.05) is 0 Å². The summed E-state index contributed by atoms with van der Waals surface area (Å²) >= 11 is 0. The first kappa shape index (κ1) is 10.9. The fraction of sp³-hybridized carbons (Fsp3) is 0.500. The van der Waals surface area contributed by atoms with Crippen molar-refractivity contribution in [2.24, 2.45) is 5.73 Å². The van der Waals surface area contributed by atoms with Crippen LogP contribution < -0.4 is 5.73 Å². The standard InChI is InChI=1S/C8H10F3N3/c9-8(10,11)2-1-7(12)6-3-13-5-14-4-6/h3-5,7H,1-2,12H2. The van der Waals surface area contributed by atoms with Crippen LogP contribution in [0.15, 0.2) is 18.7 Å². The number of nitrogens with two attached hydrogens (primary N) is 1. The molecule has 6 heteroatoms. The first-order valence-electron chi connectivity index (χ1n) is 4.06. The molecule has 0 saturated heterocycles. The van der Waals surface area contributed by atoms with Crippen LogP contribution in [0.2, 0.25) is 0 Å². The number of halogens is 3. The fourth-order valence-corrected chi connectivity index (χ4v) is 0.988. The molecule has 0 aliphatic carbocycles. The summed E-state index contributed by atoms with van der Waals surface area (Å²) in [5, 5.41) is 0. The lowest BCUT2D eigenvalue weighted by Gasteiger charge is -2.12. The Bertz CT molecular complexity index is 273. The molecule has 0 amide bonds. The molecule has 0 spiro atoms. The summed E-state index contributed by atoms with van der Waals surface area (Å²) < 4.78 is 35.5. The van der Waals surface area contributed by atoms with Crippen LogP contribution in [-0.4, -0.2) is 16.1 Å². The summed E-state index contributed by atoms with van der Waals surface area (Å²) in [4.78, 5) is 7.36. The van der Waals surface area contributed by atoms with Crippen molar-refractivity contribution in [3.05, 3.63) is 24.3 Å². The van der Waals surface area contributed by atoms with Crippen molar-refractivity contribution < 1.29 is 13.2 Å². The van der Waals surface area contributed by atoms with Crippen molar-refractivity contribution >= 4 is 0 Å². The number of hydrogen-bond donors (Lipinski definition) is 1. The lowest BCUT2D eigenvalue weighted by molar-refractivity contribution is -0.136. The van der Waals surface area contributed by atoms with Gasteiger partial charge in [0.05, 0.1) is 0 Å². The highest BCUT2D eigenvalue weighted by Crippen LogP contribution is 2.25. The van der Waals surface area contributed by atoms with Gasteiger partial charge in [-0.3, -0.25) is 0 Å². The van der Waals surface area contributed by atoms with E-state index in [2.05, 4.69) is 9.97 Å². The molecule has 0 bridgehead atoms. The van der Waals surface area contributed by atoms with Gasteiger partial charge in [-0.15, -0.1) is 0 Å². The van der Waals surface area contributed by atoms with E-state index < -0.39 is 18.6 Å². The highest BCUT2D eigenvalue weighted by molar-refractivity contribution is 5.07. The second kappa shape index (κ2) is 4.36. The molecule has 14 heavy (non-hydrogen) atoms. The van der Waals surface area contributed by atoms with Gasteiger partial charge >= 0.3 is 6.18 Å². The molecule has 0 aliphatic rings. The first-order chi connectivity index (χ1) is 6.49. The van der Waals surface area contributed by atoms with Gasteiger partial charge < -0.3 is 5.73 Å². The average Bonchev–Trinajstić information content (AvgIpc) is 2.14. The third-order valence-electron chi connectivity index (χ3n) is 1.75. The maximum absolute atomic E-state index is 11.8. The zero-order chi connectivity index (χ0) is 10.6. The summed E-state index contributed by atoms with van der Waals surface area (Å²) in [7, 11) is 0. The van der Waals surface area contributed by atoms with Gasteiger partial charge in [0.1, 0.15) is 6.33 Å². The number of rotatable bonds is 3. The lowest BCUT2D eigenvalue weighted by atomic mass is 10.1. The molecule has 0 fully saturated rings. The molecule has 78 valence electrons. The molecular formula is C8H10F3N3. The van der Waals surface area contributed by atoms with Gasteiger partial charge in [0.15, 0.2) is 0 Å². The second-order valence-corrected chi connectivity index (χ2v) is 2.93. The molecule has 1 unspecified atom stereocenters. The van der Waals surface area contributed by atoms with Gasteiger partial charge in [-0.1, -0.05) is 0 Å². The Morgan fingerprint density at radius 3 is 2.36 bits per heavy atom. The maximum Gasteiger partial charge on any atom is 0.389 e. The molecule has 0 aliphatic heterocycles. The first-order valence-corrected chi connectivity index (χ1v) is 4.06. The van der Waals surface area contributed by atoms with Crippen molar-refractivity contribution in [1.82, 2.24) is 9.97 Å². The van der Waals surface area contributed by atoms with Gasteiger partial charge in [-0.2, -0.15) is 13.2 Å². The van der Waals surface area contributed by atoms with E-state index in [1.54, 1.807) is 0 Å². The highest BCUT2D eigenvalue weighted by atomic mass is 19.4. The Kier molecular flexibility index (Phi) is 3.40. The minimum atomic E-state index is -4.16. The minimum absolute atomic E-state index is 0.142. The Hall–Kier alpha value is -1.17. The van der Waals surface area contributed by atoms with E-state index in [0.29, 0.717) is 5.56 Å². The van der Waals surface area contributed by atoms with Crippen LogP contribution >= 0.6 is 0 Å². The van der Waals surface area contributed by atoms with Crippen molar-refractivity contribution in [3.8, 4) is 0 Å². The molecule has 3 nitrogen and oxygen atoms in total.